The van der Waals surface area contributed by atoms with Gasteiger partial charge in [0.2, 0.25) is 10.0 Å². The van der Waals surface area contributed by atoms with Crippen molar-refractivity contribution in [2.75, 3.05) is 5.32 Å². The Bertz CT molecular complexity index is 818. The van der Waals surface area contributed by atoms with Crippen molar-refractivity contribution in [3.05, 3.63) is 45.0 Å². The summed E-state index contributed by atoms with van der Waals surface area (Å²) in [7, 11) is -3.86. The Morgan fingerprint density at radius 1 is 1.38 bits per heavy atom. The first kappa shape index (κ1) is 16.1. The van der Waals surface area contributed by atoms with Gasteiger partial charge in [0.05, 0.1) is 9.35 Å². The summed E-state index contributed by atoms with van der Waals surface area (Å²) in [6, 6.07) is 5.33. The fraction of sp³-hybridized carbons (Fsp3) is 0.0833. The Kier molecular flexibility index (Phi) is 4.47. The Hall–Kier alpha value is -1.29. The van der Waals surface area contributed by atoms with Crippen LogP contribution in [-0.2, 0) is 10.0 Å². The zero-order valence-electron chi connectivity index (χ0n) is 10.7. The molecule has 0 aliphatic carbocycles. The normalized spacial score (nSPS) is 11.4. The van der Waals surface area contributed by atoms with Crippen LogP contribution in [-0.4, -0.2) is 14.3 Å². The Labute approximate surface area is 133 Å². The number of halogens is 2. The number of primary sulfonamides is 1. The van der Waals surface area contributed by atoms with Crippen LogP contribution in [0.2, 0.25) is 0 Å². The van der Waals surface area contributed by atoms with E-state index in [1.165, 1.54) is 24.3 Å². The molecule has 5 nitrogen and oxygen atoms in total. The van der Waals surface area contributed by atoms with Gasteiger partial charge in [0, 0.05) is 5.69 Å². The van der Waals surface area contributed by atoms with Crippen molar-refractivity contribution in [3.63, 3.8) is 0 Å². The second kappa shape index (κ2) is 5.84. The zero-order valence-corrected chi connectivity index (χ0v) is 13.9. The van der Waals surface area contributed by atoms with Gasteiger partial charge in [-0.2, -0.15) is 0 Å². The summed E-state index contributed by atoms with van der Waals surface area (Å²) in [5.74, 6) is -0.889. The first-order chi connectivity index (χ1) is 9.68. The molecule has 0 bridgehead atoms. The van der Waals surface area contributed by atoms with E-state index in [2.05, 4.69) is 21.2 Å². The predicted octanol–water partition coefficient (Wildman–Crippen LogP) is 2.86. The third-order valence-electron chi connectivity index (χ3n) is 2.61. The number of anilines is 1. The fourth-order valence-corrected chi connectivity index (χ4v) is 4.31. The van der Waals surface area contributed by atoms with Gasteiger partial charge < -0.3 is 5.32 Å². The first-order valence-corrected chi connectivity index (χ1v) is 8.73. The number of rotatable bonds is 3. The maximum Gasteiger partial charge on any atom is 0.257 e. The average molecular weight is 393 g/mol. The molecule has 0 spiro atoms. The van der Waals surface area contributed by atoms with E-state index in [4.69, 9.17) is 5.14 Å². The van der Waals surface area contributed by atoms with Gasteiger partial charge in [-0.05, 0) is 52.7 Å². The summed E-state index contributed by atoms with van der Waals surface area (Å²) in [5, 5.41) is 7.58. The van der Waals surface area contributed by atoms with Crippen LogP contribution in [0.5, 0.6) is 0 Å². The van der Waals surface area contributed by atoms with Crippen molar-refractivity contribution in [1.82, 2.24) is 0 Å². The highest BCUT2D eigenvalue weighted by Crippen LogP contribution is 2.31. The Morgan fingerprint density at radius 3 is 2.57 bits per heavy atom. The van der Waals surface area contributed by atoms with Gasteiger partial charge >= 0.3 is 0 Å². The smallest absolute Gasteiger partial charge is 0.257 e. The van der Waals surface area contributed by atoms with Crippen LogP contribution in [0.3, 0.4) is 0 Å². The third-order valence-corrected chi connectivity index (χ3v) is 5.86. The summed E-state index contributed by atoms with van der Waals surface area (Å²) >= 11 is 3.98. The van der Waals surface area contributed by atoms with Crippen molar-refractivity contribution in [1.29, 1.82) is 0 Å². The number of hydrogen-bond donors (Lipinski definition) is 2. The lowest BCUT2D eigenvalue weighted by Crippen LogP contribution is -2.13. The monoisotopic (exact) mass is 392 g/mol. The summed E-state index contributed by atoms with van der Waals surface area (Å²) in [6.07, 6.45) is 0. The number of nitrogens with one attached hydrogen (secondary N) is 1. The van der Waals surface area contributed by atoms with Gasteiger partial charge in [-0.25, -0.2) is 17.9 Å². The molecule has 9 heteroatoms. The van der Waals surface area contributed by atoms with Crippen molar-refractivity contribution in [2.24, 2.45) is 5.14 Å². The van der Waals surface area contributed by atoms with E-state index in [1.807, 2.05) is 0 Å². The van der Waals surface area contributed by atoms with E-state index in [-0.39, 0.29) is 15.6 Å². The van der Waals surface area contributed by atoms with Crippen molar-refractivity contribution < 1.29 is 17.6 Å². The van der Waals surface area contributed by atoms with Gasteiger partial charge in [-0.3, -0.25) is 4.79 Å². The van der Waals surface area contributed by atoms with Gasteiger partial charge in [0.15, 0.2) is 0 Å². The molecule has 0 radical (unpaired) electrons. The lowest BCUT2D eigenvalue weighted by Gasteiger charge is -2.05. The quantitative estimate of drug-likeness (QED) is 0.841. The summed E-state index contributed by atoms with van der Waals surface area (Å²) in [4.78, 5) is 12.1. The zero-order chi connectivity index (χ0) is 15.8. The first-order valence-electron chi connectivity index (χ1n) is 5.58. The van der Waals surface area contributed by atoms with Crippen LogP contribution in [0.1, 0.15) is 15.9 Å². The second-order valence-electron chi connectivity index (χ2n) is 4.22. The molecule has 1 amide bonds. The second-order valence-corrected chi connectivity index (χ2v) is 8.37. The molecule has 2 rings (SSSR count). The number of carbonyl (C=O) groups is 1. The predicted molar refractivity (Wildman–Crippen MR) is 82.5 cm³/mol. The molecule has 0 aliphatic rings. The SMILES string of the molecule is Cc1cc(NC(=O)c2cc(S(N)(=O)=O)sc2Br)ccc1F. The molecular formula is C12H10BrFN2O3S2. The summed E-state index contributed by atoms with van der Waals surface area (Å²) in [5.41, 5.74) is 0.947. The maximum atomic E-state index is 13.2. The maximum absolute atomic E-state index is 13.2. The Balaban J connectivity index is 2.28. The molecule has 112 valence electrons. The minimum Gasteiger partial charge on any atom is -0.322 e. The van der Waals surface area contributed by atoms with E-state index in [0.29, 0.717) is 15.0 Å². The summed E-state index contributed by atoms with van der Waals surface area (Å²) in [6.45, 7) is 1.57. The number of aryl methyl sites for hydroxylation is 1. The number of hydrogen-bond acceptors (Lipinski definition) is 4. The molecule has 0 unspecified atom stereocenters. The van der Waals surface area contributed by atoms with Crippen LogP contribution < -0.4 is 10.5 Å². The minimum atomic E-state index is -3.86. The van der Waals surface area contributed by atoms with E-state index in [1.54, 1.807) is 6.92 Å². The summed E-state index contributed by atoms with van der Waals surface area (Å²) < 4.78 is 35.9. The fourth-order valence-electron chi connectivity index (χ4n) is 1.56. The third kappa shape index (κ3) is 3.67. The molecule has 0 aliphatic heterocycles. The molecule has 0 saturated heterocycles. The highest BCUT2D eigenvalue weighted by atomic mass is 79.9. The molecule has 0 saturated carbocycles. The molecule has 0 fully saturated rings. The highest BCUT2D eigenvalue weighted by molar-refractivity contribution is 9.11. The van der Waals surface area contributed by atoms with E-state index >= 15 is 0 Å². The molecular weight excluding hydrogens is 383 g/mol. The molecule has 1 heterocycles. The van der Waals surface area contributed by atoms with Crippen LogP contribution >= 0.6 is 27.3 Å². The van der Waals surface area contributed by atoms with Crippen LogP contribution in [0.15, 0.2) is 32.3 Å². The van der Waals surface area contributed by atoms with Gasteiger partial charge in [0.25, 0.3) is 5.91 Å². The topological polar surface area (TPSA) is 89.3 Å². The molecule has 1 aromatic carbocycles. The number of thiophene rings is 1. The van der Waals surface area contributed by atoms with Crippen LogP contribution in [0, 0.1) is 12.7 Å². The van der Waals surface area contributed by atoms with Gasteiger partial charge in [-0.1, -0.05) is 0 Å². The van der Waals surface area contributed by atoms with Crippen molar-refractivity contribution >= 4 is 48.9 Å². The van der Waals surface area contributed by atoms with Gasteiger partial charge in [0.1, 0.15) is 10.0 Å². The lowest BCUT2D eigenvalue weighted by molar-refractivity contribution is 0.102. The minimum absolute atomic E-state index is 0.116. The molecule has 21 heavy (non-hydrogen) atoms. The number of carbonyl (C=O) groups excluding carboxylic acids is 1. The van der Waals surface area contributed by atoms with E-state index in [9.17, 15) is 17.6 Å². The van der Waals surface area contributed by atoms with Gasteiger partial charge in [-0.15, -0.1) is 11.3 Å². The number of amides is 1. The molecule has 3 N–H and O–H groups in total. The van der Waals surface area contributed by atoms with Crippen LogP contribution in [0.25, 0.3) is 0 Å². The van der Waals surface area contributed by atoms with E-state index in [0.717, 1.165) is 11.3 Å². The largest absolute Gasteiger partial charge is 0.322 e. The number of nitrogens with two attached hydrogens (primary N) is 1. The molecule has 2 aromatic rings. The number of benzene rings is 1. The average Bonchev–Trinajstić information content (AvgIpc) is 2.76. The molecule has 0 atom stereocenters. The molecule has 1 aromatic heterocycles. The highest BCUT2D eigenvalue weighted by Gasteiger charge is 2.20. The van der Waals surface area contributed by atoms with E-state index < -0.39 is 15.9 Å². The standard InChI is InChI=1S/C12H10BrFN2O3S2/c1-6-4-7(2-3-9(6)14)16-12(17)8-5-10(20-11(8)13)21(15,18)19/h2-5H,1H3,(H,16,17)(H2,15,18,19). The number of sulfonamides is 1. The van der Waals surface area contributed by atoms with Crippen molar-refractivity contribution in [3.8, 4) is 0 Å². The Morgan fingerprint density at radius 2 is 2.05 bits per heavy atom. The van der Waals surface area contributed by atoms with Crippen molar-refractivity contribution in [2.45, 2.75) is 11.1 Å². The van der Waals surface area contributed by atoms with Crippen LogP contribution in [0.4, 0.5) is 10.1 Å². The lowest BCUT2D eigenvalue weighted by atomic mass is 10.2.